The van der Waals surface area contributed by atoms with Gasteiger partial charge in [0.1, 0.15) is 0 Å². The Balaban J connectivity index is 1.74. The average Bonchev–Trinajstić information content (AvgIpc) is 2.99. The molecule has 0 amide bonds. The number of aromatic nitrogens is 2. The van der Waals surface area contributed by atoms with E-state index in [4.69, 9.17) is 28.9 Å². The summed E-state index contributed by atoms with van der Waals surface area (Å²) in [7, 11) is 0. The molecule has 0 radical (unpaired) electrons. The minimum Gasteiger partial charge on any atom is -0.399 e. The van der Waals surface area contributed by atoms with Gasteiger partial charge in [-0.2, -0.15) is 0 Å². The maximum absolute atomic E-state index is 6.10. The van der Waals surface area contributed by atoms with Gasteiger partial charge in [-0.15, -0.1) is 11.8 Å². The highest BCUT2D eigenvalue weighted by Crippen LogP contribution is 2.28. The Hall–Kier alpha value is -1.62. The van der Waals surface area contributed by atoms with Gasteiger partial charge in [-0.25, -0.2) is 4.98 Å². The molecule has 0 aliphatic heterocycles. The van der Waals surface area contributed by atoms with Crippen LogP contribution in [-0.2, 0) is 13.0 Å². The van der Waals surface area contributed by atoms with Crippen LogP contribution in [0.15, 0.2) is 53.7 Å². The largest absolute Gasteiger partial charge is 0.399 e. The van der Waals surface area contributed by atoms with Crippen molar-refractivity contribution in [3.8, 4) is 0 Å². The summed E-state index contributed by atoms with van der Waals surface area (Å²) < 4.78 is 2.24. The van der Waals surface area contributed by atoms with Crippen LogP contribution < -0.4 is 5.73 Å². The molecule has 6 heteroatoms. The van der Waals surface area contributed by atoms with E-state index in [1.807, 2.05) is 30.6 Å². The first-order chi connectivity index (χ1) is 12.9. The third-order valence-electron chi connectivity index (χ3n) is 4.30. The van der Waals surface area contributed by atoms with Gasteiger partial charge in [0.05, 0.1) is 12.0 Å². The van der Waals surface area contributed by atoms with Gasteiger partial charge in [0.25, 0.3) is 0 Å². The smallest absolute Gasteiger partial charge is 0.0954 e. The zero-order valence-corrected chi connectivity index (χ0v) is 17.8. The molecule has 0 unspecified atom stereocenters. The fourth-order valence-corrected chi connectivity index (χ4v) is 4.62. The molecular weight excluding hydrogens is 397 g/mol. The molecule has 1 aromatic heterocycles. The van der Waals surface area contributed by atoms with Crippen molar-refractivity contribution in [1.82, 2.24) is 9.55 Å². The van der Waals surface area contributed by atoms with E-state index in [0.29, 0.717) is 16.0 Å². The predicted octanol–water partition coefficient (Wildman–Crippen LogP) is 6.28. The second-order valence-electron chi connectivity index (χ2n) is 6.80. The lowest BCUT2D eigenvalue weighted by molar-refractivity contribution is 0.731. The highest BCUT2D eigenvalue weighted by molar-refractivity contribution is 7.99. The third-order valence-corrected chi connectivity index (χ3v) is 5.72. The minimum absolute atomic E-state index is 0.387. The van der Waals surface area contributed by atoms with E-state index in [-0.39, 0.29) is 0 Å². The van der Waals surface area contributed by atoms with Gasteiger partial charge in [0.15, 0.2) is 0 Å². The summed E-state index contributed by atoms with van der Waals surface area (Å²) in [4.78, 5) is 5.76. The molecule has 0 bridgehead atoms. The molecule has 142 valence electrons. The zero-order valence-electron chi connectivity index (χ0n) is 15.5. The summed E-state index contributed by atoms with van der Waals surface area (Å²) in [5.41, 5.74) is 10.2. The van der Waals surface area contributed by atoms with Crippen molar-refractivity contribution >= 4 is 40.7 Å². The monoisotopic (exact) mass is 419 g/mol. The summed E-state index contributed by atoms with van der Waals surface area (Å²) in [6.45, 7) is 5.16. The Morgan fingerprint density at radius 3 is 2.37 bits per heavy atom. The SMILES string of the molecule is CC(C)c1ncn(Cc2ccc(N)cc2)c1CCSc1cc(Cl)cc(Cl)c1. The van der Waals surface area contributed by atoms with Crippen LogP contribution in [0.5, 0.6) is 0 Å². The van der Waals surface area contributed by atoms with Crippen LogP contribution in [0, 0.1) is 0 Å². The van der Waals surface area contributed by atoms with Crippen LogP contribution in [0.2, 0.25) is 10.0 Å². The minimum atomic E-state index is 0.387. The van der Waals surface area contributed by atoms with Crippen LogP contribution in [0.3, 0.4) is 0 Å². The molecular formula is C21H23Cl2N3S. The summed E-state index contributed by atoms with van der Waals surface area (Å²) in [5, 5.41) is 1.34. The molecule has 0 atom stereocenters. The van der Waals surface area contributed by atoms with Gasteiger partial charge in [0.2, 0.25) is 0 Å². The number of benzene rings is 2. The number of nitrogens with zero attached hydrogens (tertiary/aromatic N) is 2. The molecule has 0 fully saturated rings. The highest BCUT2D eigenvalue weighted by Gasteiger charge is 2.14. The molecule has 0 aliphatic rings. The van der Waals surface area contributed by atoms with E-state index in [1.54, 1.807) is 17.8 Å². The maximum atomic E-state index is 6.10. The van der Waals surface area contributed by atoms with Crippen molar-refractivity contribution in [3.05, 3.63) is 75.8 Å². The lowest BCUT2D eigenvalue weighted by atomic mass is 10.1. The number of rotatable bonds is 7. The molecule has 3 aromatic rings. The van der Waals surface area contributed by atoms with Crippen LogP contribution in [-0.4, -0.2) is 15.3 Å². The van der Waals surface area contributed by atoms with E-state index in [2.05, 4.69) is 35.5 Å². The highest BCUT2D eigenvalue weighted by atomic mass is 35.5. The zero-order chi connectivity index (χ0) is 19.4. The quantitative estimate of drug-likeness (QED) is 0.361. The Morgan fingerprint density at radius 2 is 1.74 bits per heavy atom. The molecule has 0 aliphatic carbocycles. The summed E-state index contributed by atoms with van der Waals surface area (Å²) in [5.74, 6) is 1.32. The molecule has 0 spiro atoms. The van der Waals surface area contributed by atoms with Gasteiger partial charge in [-0.3, -0.25) is 0 Å². The number of hydrogen-bond donors (Lipinski definition) is 1. The van der Waals surface area contributed by atoms with Crippen molar-refractivity contribution in [3.63, 3.8) is 0 Å². The maximum Gasteiger partial charge on any atom is 0.0954 e. The van der Waals surface area contributed by atoms with Gasteiger partial charge < -0.3 is 10.3 Å². The molecule has 2 N–H and O–H groups in total. The number of imidazole rings is 1. The lowest BCUT2D eigenvalue weighted by Crippen LogP contribution is -2.07. The van der Waals surface area contributed by atoms with Gasteiger partial charge in [-0.05, 0) is 48.2 Å². The molecule has 2 aromatic carbocycles. The molecule has 27 heavy (non-hydrogen) atoms. The van der Waals surface area contributed by atoms with Crippen molar-refractivity contribution in [1.29, 1.82) is 0 Å². The first-order valence-electron chi connectivity index (χ1n) is 8.89. The Bertz CT molecular complexity index is 884. The topological polar surface area (TPSA) is 43.8 Å². The number of hydrogen-bond acceptors (Lipinski definition) is 3. The van der Waals surface area contributed by atoms with Crippen molar-refractivity contribution in [2.75, 3.05) is 11.5 Å². The van der Waals surface area contributed by atoms with Crippen molar-refractivity contribution in [2.45, 2.75) is 37.6 Å². The normalized spacial score (nSPS) is 11.3. The average molecular weight is 420 g/mol. The van der Waals surface area contributed by atoms with Gasteiger partial charge in [0, 0.05) is 38.6 Å². The van der Waals surface area contributed by atoms with Crippen LogP contribution in [0.25, 0.3) is 0 Å². The second-order valence-corrected chi connectivity index (χ2v) is 8.85. The van der Waals surface area contributed by atoms with Crippen LogP contribution >= 0.6 is 35.0 Å². The summed E-state index contributed by atoms with van der Waals surface area (Å²) in [6, 6.07) is 13.7. The van der Waals surface area contributed by atoms with E-state index < -0.39 is 0 Å². The molecule has 3 nitrogen and oxygen atoms in total. The first kappa shape index (κ1) is 20.1. The summed E-state index contributed by atoms with van der Waals surface area (Å²) in [6.07, 6.45) is 2.87. The summed E-state index contributed by atoms with van der Waals surface area (Å²) >= 11 is 14.0. The van der Waals surface area contributed by atoms with Gasteiger partial charge in [-0.1, -0.05) is 49.2 Å². The van der Waals surface area contributed by atoms with E-state index in [9.17, 15) is 0 Å². The Labute approximate surface area is 174 Å². The fraction of sp³-hybridized carbons (Fsp3) is 0.286. The predicted molar refractivity (Wildman–Crippen MR) is 117 cm³/mol. The number of halogens is 2. The van der Waals surface area contributed by atoms with Crippen LogP contribution in [0.4, 0.5) is 5.69 Å². The fourth-order valence-electron chi connectivity index (χ4n) is 3.01. The standard InChI is InChI=1S/C21H23Cl2N3S/c1-14(2)21-20(7-8-27-19-10-16(22)9-17(23)11-19)26(13-25-21)12-15-3-5-18(24)6-4-15/h3-6,9-11,13-14H,7-8,12,24H2,1-2H3. The Morgan fingerprint density at radius 1 is 1.07 bits per heavy atom. The molecule has 1 heterocycles. The van der Waals surface area contributed by atoms with E-state index in [1.165, 1.54) is 11.3 Å². The van der Waals surface area contributed by atoms with Crippen LogP contribution in [0.1, 0.15) is 36.7 Å². The number of anilines is 1. The third kappa shape index (κ3) is 5.44. The number of thioether (sulfide) groups is 1. The van der Waals surface area contributed by atoms with E-state index in [0.717, 1.165) is 35.0 Å². The molecule has 0 saturated carbocycles. The van der Waals surface area contributed by atoms with Gasteiger partial charge >= 0.3 is 0 Å². The molecule has 0 saturated heterocycles. The van der Waals surface area contributed by atoms with Crippen molar-refractivity contribution in [2.24, 2.45) is 0 Å². The first-order valence-corrected chi connectivity index (χ1v) is 10.6. The number of nitrogen functional groups attached to an aromatic ring is 1. The van der Waals surface area contributed by atoms with E-state index >= 15 is 0 Å². The Kier molecular flexibility index (Phi) is 6.74. The molecule has 3 rings (SSSR count). The number of nitrogens with two attached hydrogens (primary N) is 1. The lowest BCUT2D eigenvalue weighted by Gasteiger charge is -2.12. The second kappa shape index (κ2) is 9.05. The van der Waals surface area contributed by atoms with Crippen molar-refractivity contribution < 1.29 is 0 Å².